The lowest BCUT2D eigenvalue weighted by Crippen LogP contribution is -2.07. The summed E-state index contributed by atoms with van der Waals surface area (Å²) in [5, 5.41) is 0. The average molecular weight is 446 g/mol. The van der Waals surface area contributed by atoms with Crippen molar-refractivity contribution in [2.24, 2.45) is 0 Å². The van der Waals surface area contributed by atoms with Gasteiger partial charge in [0.05, 0.1) is 14.2 Å². The van der Waals surface area contributed by atoms with Gasteiger partial charge in [-0.25, -0.2) is 0 Å². The maximum Gasteiger partial charge on any atom is 0.326 e. The van der Waals surface area contributed by atoms with Crippen molar-refractivity contribution in [1.82, 2.24) is 29.9 Å². The van der Waals surface area contributed by atoms with Gasteiger partial charge >= 0.3 is 36.1 Å². The molecule has 12 nitrogen and oxygen atoms in total. The number of ether oxygens (including phenoxy) is 6. The van der Waals surface area contributed by atoms with E-state index >= 15 is 0 Å². The molecule has 0 radical (unpaired) electrons. The standard InChI is InChI=1S/C12H15N3O3.C8H11N3O3/c1-4-7-16-10-13-11(17-8-5-2)15-12(14-10)18-9-6-3;1-4-5-14-8-10-6(12-2)9-7(11-8)13-3/h4-6H,1-3,7-9H2;4H,1,5H2,2-3H3. The van der Waals surface area contributed by atoms with Crippen molar-refractivity contribution in [2.75, 3.05) is 40.6 Å². The molecule has 0 unspecified atom stereocenters. The van der Waals surface area contributed by atoms with Gasteiger partial charge in [-0.15, -0.1) is 29.9 Å². The van der Waals surface area contributed by atoms with Crippen LogP contribution in [0.4, 0.5) is 0 Å². The molecule has 0 aliphatic rings. The highest BCUT2D eigenvalue weighted by molar-refractivity contribution is 5.10. The van der Waals surface area contributed by atoms with Gasteiger partial charge in [0.1, 0.15) is 26.4 Å². The molecule has 0 aliphatic carbocycles. The van der Waals surface area contributed by atoms with Crippen molar-refractivity contribution in [2.45, 2.75) is 0 Å². The predicted molar refractivity (Wildman–Crippen MR) is 116 cm³/mol. The number of methoxy groups -OCH3 is 2. The molecule has 172 valence electrons. The van der Waals surface area contributed by atoms with Crippen LogP contribution in [0.2, 0.25) is 0 Å². The number of nitrogens with zero attached hydrogens (tertiary/aromatic N) is 6. The van der Waals surface area contributed by atoms with Gasteiger partial charge < -0.3 is 28.4 Å². The SMILES string of the molecule is C=CCOc1nc(OC)nc(OC)n1.C=CCOc1nc(OCC=C)nc(OCC=C)n1. The van der Waals surface area contributed by atoms with Crippen LogP contribution in [-0.2, 0) is 0 Å². The summed E-state index contributed by atoms with van der Waals surface area (Å²) in [5.41, 5.74) is 0. The summed E-state index contributed by atoms with van der Waals surface area (Å²) in [6.07, 6.45) is 6.33. The molecule has 0 saturated heterocycles. The van der Waals surface area contributed by atoms with E-state index in [-0.39, 0.29) is 55.9 Å². The molecule has 2 aromatic heterocycles. The van der Waals surface area contributed by atoms with Gasteiger partial charge in [-0.3, -0.25) is 0 Å². The van der Waals surface area contributed by atoms with E-state index in [0.717, 1.165) is 0 Å². The molecule has 32 heavy (non-hydrogen) atoms. The van der Waals surface area contributed by atoms with E-state index in [1.54, 1.807) is 24.3 Å². The molecule has 0 aliphatic heterocycles. The van der Waals surface area contributed by atoms with Gasteiger partial charge in [-0.2, -0.15) is 0 Å². The van der Waals surface area contributed by atoms with Gasteiger partial charge in [0.2, 0.25) is 0 Å². The Morgan fingerprint density at radius 3 is 0.906 bits per heavy atom. The molecule has 0 aromatic carbocycles. The van der Waals surface area contributed by atoms with Gasteiger partial charge in [0.25, 0.3) is 0 Å². The zero-order valence-electron chi connectivity index (χ0n) is 18.1. The van der Waals surface area contributed by atoms with Crippen molar-refractivity contribution < 1.29 is 28.4 Å². The summed E-state index contributed by atoms with van der Waals surface area (Å²) in [6.45, 7) is 15.3. The number of rotatable bonds is 14. The van der Waals surface area contributed by atoms with Crippen LogP contribution < -0.4 is 28.4 Å². The van der Waals surface area contributed by atoms with Crippen molar-refractivity contribution >= 4 is 0 Å². The fourth-order valence-corrected chi connectivity index (χ4v) is 1.62. The fraction of sp³-hybridized carbons (Fsp3) is 0.300. The first-order valence-electron chi connectivity index (χ1n) is 9.15. The van der Waals surface area contributed by atoms with E-state index in [1.807, 2.05) is 0 Å². The molecular formula is C20H26N6O6. The highest BCUT2D eigenvalue weighted by Crippen LogP contribution is 2.15. The minimum absolute atomic E-state index is 0.114. The molecule has 0 amide bonds. The van der Waals surface area contributed by atoms with E-state index < -0.39 is 0 Å². The topological polar surface area (TPSA) is 133 Å². The molecule has 2 aromatic rings. The van der Waals surface area contributed by atoms with E-state index in [9.17, 15) is 0 Å². The van der Waals surface area contributed by atoms with E-state index in [1.165, 1.54) is 14.2 Å². The molecule has 0 bridgehead atoms. The van der Waals surface area contributed by atoms with Crippen LogP contribution >= 0.6 is 0 Å². The minimum atomic E-state index is 0.114. The number of aromatic nitrogens is 6. The van der Waals surface area contributed by atoms with Crippen molar-refractivity contribution in [1.29, 1.82) is 0 Å². The van der Waals surface area contributed by atoms with Gasteiger partial charge in [0.15, 0.2) is 0 Å². The smallest absolute Gasteiger partial charge is 0.326 e. The second kappa shape index (κ2) is 15.6. The first-order valence-corrected chi connectivity index (χ1v) is 9.15. The lowest BCUT2D eigenvalue weighted by molar-refractivity contribution is 0.268. The summed E-state index contributed by atoms with van der Waals surface area (Å²) in [6, 6.07) is 0.787. The van der Waals surface area contributed by atoms with Crippen LogP contribution in [0.1, 0.15) is 0 Å². The zero-order chi connectivity index (χ0) is 23.6. The summed E-state index contributed by atoms with van der Waals surface area (Å²) < 4.78 is 30.4. The summed E-state index contributed by atoms with van der Waals surface area (Å²) in [5.74, 6) is 0. The van der Waals surface area contributed by atoms with E-state index in [2.05, 4.69) is 56.2 Å². The maximum atomic E-state index is 5.20. The maximum absolute atomic E-state index is 5.20. The molecule has 0 saturated carbocycles. The molecular weight excluding hydrogens is 420 g/mol. The van der Waals surface area contributed by atoms with Crippen LogP contribution in [0, 0.1) is 0 Å². The summed E-state index contributed by atoms with van der Waals surface area (Å²) in [7, 11) is 2.90. The van der Waals surface area contributed by atoms with Gasteiger partial charge in [-0.05, 0) is 0 Å². The van der Waals surface area contributed by atoms with Crippen LogP contribution in [0.25, 0.3) is 0 Å². The quantitative estimate of drug-likeness (QED) is 0.393. The lowest BCUT2D eigenvalue weighted by atomic mass is 10.7. The average Bonchev–Trinajstić information content (AvgIpc) is 2.83. The Hall–Kier alpha value is -4.22. The van der Waals surface area contributed by atoms with Crippen molar-refractivity contribution in [3.63, 3.8) is 0 Å². The van der Waals surface area contributed by atoms with Gasteiger partial charge in [0, 0.05) is 0 Å². The molecule has 0 spiro atoms. The first-order chi connectivity index (χ1) is 15.6. The Morgan fingerprint density at radius 1 is 0.469 bits per heavy atom. The van der Waals surface area contributed by atoms with Crippen LogP contribution in [0.5, 0.6) is 36.1 Å². The predicted octanol–water partition coefficient (Wildman–Crippen LogP) is 2.02. The molecule has 2 heterocycles. The fourth-order valence-electron chi connectivity index (χ4n) is 1.62. The summed E-state index contributed by atoms with van der Waals surface area (Å²) in [4.78, 5) is 23.3. The molecule has 2 rings (SSSR count). The minimum Gasteiger partial charge on any atom is -0.467 e. The van der Waals surface area contributed by atoms with Crippen LogP contribution in [-0.4, -0.2) is 70.6 Å². The Kier molecular flexibility index (Phi) is 12.6. The van der Waals surface area contributed by atoms with Crippen LogP contribution in [0.3, 0.4) is 0 Å². The molecule has 0 atom stereocenters. The van der Waals surface area contributed by atoms with Crippen LogP contribution in [0.15, 0.2) is 50.6 Å². The monoisotopic (exact) mass is 446 g/mol. The third-order valence-electron chi connectivity index (χ3n) is 2.83. The van der Waals surface area contributed by atoms with E-state index in [0.29, 0.717) is 6.61 Å². The highest BCUT2D eigenvalue weighted by atomic mass is 16.5. The van der Waals surface area contributed by atoms with E-state index in [4.69, 9.17) is 28.4 Å². The lowest BCUT2D eigenvalue weighted by Gasteiger charge is -2.07. The normalized spacial score (nSPS) is 9.31. The highest BCUT2D eigenvalue weighted by Gasteiger charge is 2.09. The largest absolute Gasteiger partial charge is 0.467 e. The Morgan fingerprint density at radius 2 is 0.688 bits per heavy atom. The Labute approximate surface area is 186 Å². The Balaban J connectivity index is 0.000000330. The number of hydrogen-bond donors (Lipinski definition) is 0. The zero-order valence-corrected chi connectivity index (χ0v) is 18.1. The third-order valence-corrected chi connectivity index (χ3v) is 2.83. The molecule has 12 heteroatoms. The molecule has 0 N–H and O–H groups in total. The third kappa shape index (κ3) is 10.0. The van der Waals surface area contributed by atoms with Gasteiger partial charge in [-0.1, -0.05) is 50.6 Å². The molecule has 0 fully saturated rings. The first kappa shape index (κ1) is 25.8. The van der Waals surface area contributed by atoms with Crippen molar-refractivity contribution in [3.8, 4) is 36.1 Å². The second-order valence-electron chi connectivity index (χ2n) is 5.17. The van der Waals surface area contributed by atoms with Crippen molar-refractivity contribution in [3.05, 3.63) is 50.6 Å². The summed E-state index contributed by atoms with van der Waals surface area (Å²) >= 11 is 0. The number of hydrogen-bond acceptors (Lipinski definition) is 12. The Bertz CT molecular complexity index is 783. The second-order valence-corrected chi connectivity index (χ2v) is 5.17.